The highest BCUT2D eigenvalue weighted by Crippen LogP contribution is 2.58. The fraction of sp³-hybridized carbons (Fsp3) is 0.833. The number of hydrogen-bond acceptors (Lipinski definition) is 3. The highest BCUT2D eigenvalue weighted by molar-refractivity contribution is 5.27. The minimum absolute atomic E-state index is 0.691. The molecule has 1 aliphatic heterocycles. The van der Waals surface area contributed by atoms with Crippen LogP contribution in [0.3, 0.4) is 0 Å². The molecule has 1 aromatic rings. The number of piperidine rings is 1. The molecule has 0 N–H and O–H groups in total. The number of nitrogens with zero attached hydrogens (tertiary/aromatic N) is 4. The van der Waals surface area contributed by atoms with E-state index in [4.69, 9.17) is 0 Å². The first-order valence-corrected chi connectivity index (χ1v) is 6.19. The number of fused-ring (bicyclic) bond motifs is 1. The van der Waals surface area contributed by atoms with Gasteiger partial charge in [-0.25, -0.2) is 0 Å². The quantitative estimate of drug-likeness (QED) is 0.750. The predicted molar refractivity (Wildman–Crippen MR) is 62.2 cm³/mol. The zero-order valence-corrected chi connectivity index (χ0v) is 10.5. The summed E-state index contributed by atoms with van der Waals surface area (Å²) in [4.78, 5) is 4.29. The Labute approximate surface area is 96.6 Å². The van der Waals surface area contributed by atoms with Crippen molar-refractivity contribution in [3.05, 3.63) is 11.4 Å². The van der Waals surface area contributed by atoms with Gasteiger partial charge in [-0.1, -0.05) is 0 Å². The van der Waals surface area contributed by atoms with E-state index < -0.39 is 0 Å². The lowest BCUT2D eigenvalue weighted by Crippen LogP contribution is -2.31. The number of rotatable bonds is 2. The van der Waals surface area contributed by atoms with Crippen LogP contribution in [0.2, 0.25) is 0 Å². The lowest BCUT2D eigenvalue weighted by Gasteiger charge is -2.23. The molecule has 16 heavy (non-hydrogen) atoms. The third kappa shape index (κ3) is 1.39. The third-order valence-electron chi connectivity index (χ3n) is 4.19. The van der Waals surface area contributed by atoms with Crippen molar-refractivity contribution in [1.82, 2.24) is 19.9 Å². The Kier molecular flexibility index (Phi) is 2.11. The Bertz CT molecular complexity index is 397. The molecule has 2 aliphatic rings. The van der Waals surface area contributed by atoms with E-state index >= 15 is 0 Å². The van der Waals surface area contributed by atoms with E-state index in [1.165, 1.54) is 18.8 Å². The molecule has 4 heteroatoms. The fourth-order valence-electron chi connectivity index (χ4n) is 3.21. The summed E-state index contributed by atoms with van der Waals surface area (Å²) in [6, 6.07) is 0.691. The van der Waals surface area contributed by atoms with Gasteiger partial charge in [-0.15, -0.1) is 0 Å². The van der Waals surface area contributed by atoms with Crippen LogP contribution in [0.5, 0.6) is 0 Å². The van der Waals surface area contributed by atoms with E-state index in [9.17, 15) is 0 Å². The normalized spacial score (nSPS) is 33.4. The first-order chi connectivity index (χ1) is 7.58. The molecule has 0 aromatic carbocycles. The average molecular weight is 220 g/mol. The average Bonchev–Trinajstić information content (AvgIpc) is 2.59. The van der Waals surface area contributed by atoms with Crippen LogP contribution < -0.4 is 0 Å². The van der Waals surface area contributed by atoms with Crippen LogP contribution in [-0.4, -0.2) is 39.0 Å². The summed E-state index contributed by atoms with van der Waals surface area (Å²) < 4.78 is 0. The molecule has 1 saturated carbocycles. The molecule has 2 heterocycles. The van der Waals surface area contributed by atoms with Crippen molar-refractivity contribution in [2.45, 2.75) is 32.7 Å². The van der Waals surface area contributed by atoms with Crippen LogP contribution in [0, 0.1) is 18.8 Å². The number of aryl methyl sites for hydroxylation is 2. The number of aromatic nitrogens is 3. The minimum Gasteiger partial charge on any atom is -0.300 e. The van der Waals surface area contributed by atoms with Crippen LogP contribution in [0.25, 0.3) is 0 Å². The highest BCUT2D eigenvalue weighted by Gasteiger charge is 2.58. The summed E-state index contributed by atoms with van der Waals surface area (Å²) in [5.41, 5.74) is 2.37. The van der Waals surface area contributed by atoms with Crippen LogP contribution in [0.4, 0.5) is 0 Å². The van der Waals surface area contributed by atoms with Gasteiger partial charge in [-0.2, -0.15) is 15.0 Å². The monoisotopic (exact) mass is 220 g/mol. The molecule has 1 aromatic heterocycles. The van der Waals surface area contributed by atoms with Crippen molar-refractivity contribution in [1.29, 1.82) is 0 Å². The van der Waals surface area contributed by atoms with Crippen molar-refractivity contribution in [2.75, 3.05) is 13.1 Å². The van der Waals surface area contributed by atoms with Crippen molar-refractivity contribution < 1.29 is 0 Å². The Balaban J connectivity index is 1.73. The molecule has 0 radical (unpaired) electrons. The largest absolute Gasteiger partial charge is 0.300 e. The molecule has 4 nitrogen and oxygen atoms in total. The van der Waals surface area contributed by atoms with Gasteiger partial charge < -0.3 is 4.90 Å². The standard InChI is InChI=1S/C12H20N4/c1-7(2)16-5-9-10(6-16)11(9)12-8(3)13-15(4)14-12/h7,9-11H,5-6H2,1-4H3. The van der Waals surface area contributed by atoms with Gasteiger partial charge in [0.1, 0.15) is 0 Å². The first kappa shape index (κ1) is 10.3. The van der Waals surface area contributed by atoms with E-state index in [1.807, 2.05) is 7.05 Å². The number of hydrogen-bond donors (Lipinski definition) is 0. The first-order valence-electron chi connectivity index (χ1n) is 6.19. The Hall–Kier alpha value is -0.900. The molecule has 2 fully saturated rings. The minimum atomic E-state index is 0.691. The molecular formula is C12H20N4. The number of likely N-dealkylation sites (tertiary alicyclic amines) is 1. The Morgan fingerprint density at radius 1 is 1.19 bits per heavy atom. The van der Waals surface area contributed by atoms with Crippen molar-refractivity contribution in [3.63, 3.8) is 0 Å². The van der Waals surface area contributed by atoms with Gasteiger partial charge >= 0.3 is 0 Å². The lowest BCUT2D eigenvalue weighted by molar-refractivity contribution is 0.242. The SMILES string of the molecule is Cc1nn(C)nc1C1C2CN(C(C)C)CC21. The third-order valence-corrected chi connectivity index (χ3v) is 4.19. The molecule has 0 bridgehead atoms. The fourth-order valence-corrected chi connectivity index (χ4v) is 3.21. The summed E-state index contributed by atoms with van der Waals surface area (Å²) in [5, 5.41) is 8.86. The van der Waals surface area contributed by atoms with E-state index in [0.29, 0.717) is 12.0 Å². The van der Waals surface area contributed by atoms with E-state index in [0.717, 1.165) is 17.5 Å². The van der Waals surface area contributed by atoms with Crippen LogP contribution in [0.15, 0.2) is 0 Å². The Morgan fingerprint density at radius 3 is 2.25 bits per heavy atom. The molecule has 2 atom stereocenters. The molecule has 3 rings (SSSR count). The topological polar surface area (TPSA) is 34.0 Å². The highest BCUT2D eigenvalue weighted by atomic mass is 15.5. The van der Waals surface area contributed by atoms with Gasteiger partial charge in [0.15, 0.2) is 0 Å². The van der Waals surface area contributed by atoms with Gasteiger partial charge in [-0.05, 0) is 32.6 Å². The maximum absolute atomic E-state index is 4.51. The maximum Gasteiger partial charge on any atom is 0.0893 e. The molecule has 1 aliphatic carbocycles. The molecular weight excluding hydrogens is 200 g/mol. The van der Waals surface area contributed by atoms with Crippen molar-refractivity contribution in [3.8, 4) is 0 Å². The second kappa shape index (κ2) is 3.29. The molecule has 0 spiro atoms. The van der Waals surface area contributed by atoms with Gasteiger partial charge in [0.05, 0.1) is 11.4 Å². The second-order valence-corrected chi connectivity index (χ2v) is 5.56. The van der Waals surface area contributed by atoms with Gasteiger partial charge in [-0.3, -0.25) is 0 Å². The van der Waals surface area contributed by atoms with Crippen LogP contribution in [0.1, 0.15) is 31.2 Å². The maximum atomic E-state index is 4.51. The van der Waals surface area contributed by atoms with E-state index in [2.05, 4.69) is 35.9 Å². The predicted octanol–water partition coefficient (Wildman–Crippen LogP) is 1.18. The molecule has 0 amide bonds. The zero-order valence-electron chi connectivity index (χ0n) is 10.5. The van der Waals surface area contributed by atoms with Gasteiger partial charge in [0.2, 0.25) is 0 Å². The molecule has 88 valence electrons. The van der Waals surface area contributed by atoms with Crippen LogP contribution >= 0.6 is 0 Å². The second-order valence-electron chi connectivity index (χ2n) is 5.56. The van der Waals surface area contributed by atoms with Gasteiger partial charge in [0.25, 0.3) is 0 Å². The molecule has 1 saturated heterocycles. The zero-order chi connectivity index (χ0) is 11.4. The summed E-state index contributed by atoms with van der Waals surface area (Å²) in [6.07, 6.45) is 0. The Morgan fingerprint density at radius 2 is 1.81 bits per heavy atom. The van der Waals surface area contributed by atoms with Gasteiger partial charge in [0, 0.05) is 32.1 Å². The van der Waals surface area contributed by atoms with Crippen molar-refractivity contribution in [2.24, 2.45) is 18.9 Å². The smallest absolute Gasteiger partial charge is 0.0893 e. The van der Waals surface area contributed by atoms with E-state index in [1.54, 1.807) is 4.80 Å². The summed E-state index contributed by atoms with van der Waals surface area (Å²) >= 11 is 0. The van der Waals surface area contributed by atoms with Crippen LogP contribution in [-0.2, 0) is 7.05 Å². The summed E-state index contributed by atoms with van der Waals surface area (Å²) in [7, 11) is 1.91. The van der Waals surface area contributed by atoms with Crippen molar-refractivity contribution >= 4 is 0 Å². The lowest BCUT2D eigenvalue weighted by atomic mass is 10.1. The summed E-state index contributed by atoms with van der Waals surface area (Å²) in [5.74, 6) is 2.39. The summed E-state index contributed by atoms with van der Waals surface area (Å²) in [6.45, 7) is 9.16. The van der Waals surface area contributed by atoms with E-state index in [-0.39, 0.29) is 0 Å². The molecule has 2 unspecified atom stereocenters.